The van der Waals surface area contributed by atoms with Gasteiger partial charge in [0.05, 0.1) is 9.95 Å². The molecule has 2 rings (SSSR count). The molecule has 0 aliphatic heterocycles. The van der Waals surface area contributed by atoms with Crippen LogP contribution in [0, 0.1) is 10.1 Å². The van der Waals surface area contributed by atoms with Crippen molar-refractivity contribution in [1.29, 1.82) is 0 Å². The van der Waals surface area contributed by atoms with Crippen molar-refractivity contribution in [2.24, 2.45) is 0 Å². The summed E-state index contributed by atoms with van der Waals surface area (Å²) in [7, 11) is 0. The van der Waals surface area contributed by atoms with Crippen LogP contribution in [-0.2, 0) is 0 Å². The number of allylic oxidation sites excluding steroid dienone is 1. The lowest BCUT2D eigenvalue weighted by Crippen LogP contribution is -1.92. The van der Waals surface area contributed by atoms with Gasteiger partial charge >= 0.3 is 0 Å². The van der Waals surface area contributed by atoms with Crippen molar-refractivity contribution in [2.75, 3.05) is 0 Å². The minimum atomic E-state index is -0.421. The summed E-state index contributed by atoms with van der Waals surface area (Å²) in [5.41, 5.74) is 1.69. The number of aromatic amines is 1. The van der Waals surface area contributed by atoms with Crippen LogP contribution < -0.4 is 0 Å². The number of hydrogen-bond donors (Lipinski definition) is 1. The Morgan fingerprint density at radius 1 is 1.56 bits per heavy atom. The first-order chi connectivity index (χ1) is 7.59. The van der Waals surface area contributed by atoms with Gasteiger partial charge in [-0.25, -0.2) is 0 Å². The van der Waals surface area contributed by atoms with E-state index in [4.69, 9.17) is 11.6 Å². The van der Waals surface area contributed by atoms with E-state index in [1.54, 1.807) is 12.3 Å². The van der Waals surface area contributed by atoms with E-state index in [1.807, 2.05) is 12.1 Å². The quantitative estimate of drug-likeness (QED) is 0.641. The zero-order valence-corrected chi connectivity index (χ0v) is 9.28. The molecule has 0 saturated heterocycles. The van der Waals surface area contributed by atoms with Crippen LogP contribution in [0.5, 0.6) is 0 Å². The van der Waals surface area contributed by atoms with E-state index in [0.717, 1.165) is 16.5 Å². The zero-order valence-electron chi connectivity index (χ0n) is 8.53. The zero-order chi connectivity index (χ0) is 11.7. The topological polar surface area (TPSA) is 58.9 Å². The van der Waals surface area contributed by atoms with E-state index < -0.39 is 4.92 Å². The molecule has 0 fully saturated rings. The molecule has 0 unspecified atom stereocenters. The lowest BCUT2D eigenvalue weighted by molar-refractivity contribution is -0.422. The maximum absolute atomic E-state index is 10.5. The van der Waals surface area contributed by atoms with Crippen LogP contribution in [0.15, 0.2) is 30.1 Å². The fourth-order valence-corrected chi connectivity index (χ4v) is 1.84. The van der Waals surface area contributed by atoms with Crippen LogP contribution >= 0.6 is 11.6 Å². The number of H-pyrrole nitrogens is 1. The van der Waals surface area contributed by atoms with Crippen LogP contribution in [0.3, 0.4) is 0 Å². The first-order valence-electron chi connectivity index (χ1n) is 4.68. The highest BCUT2D eigenvalue weighted by Crippen LogP contribution is 2.27. The van der Waals surface area contributed by atoms with Crippen LogP contribution in [0.4, 0.5) is 0 Å². The molecule has 1 heterocycles. The second-order valence-corrected chi connectivity index (χ2v) is 3.86. The van der Waals surface area contributed by atoms with E-state index in [9.17, 15) is 10.1 Å². The summed E-state index contributed by atoms with van der Waals surface area (Å²) in [5.74, 6) is 0. The highest BCUT2D eigenvalue weighted by molar-refractivity contribution is 6.36. The first kappa shape index (κ1) is 10.7. The molecule has 0 spiro atoms. The van der Waals surface area contributed by atoms with E-state index in [1.165, 1.54) is 13.0 Å². The maximum atomic E-state index is 10.5. The Kier molecular flexibility index (Phi) is 2.66. The Bertz CT molecular complexity index is 587. The molecule has 0 atom stereocenters. The standard InChI is InChI=1S/C11H9ClN2O2/c1-7(14(15)16)5-8-6-13-10-4-2-3-9(12)11(8)10/h2-6,13H,1H3. The number of hydrogen-bond acceptors (Lipinski definition) is 2. The molecular weight excluding hydrogens is 228 g/mol. The van der Waals surface area contributed by atoms with Crippen molar-refractivity contribution < 1.29 is 4.92 Å². The molecule has 0 amide bonds. The van der Waals surface area contributed by atoms with E-state index in [2.05, 4.69) is 4.98 Å². The summed E-state index contributed by atoms with van der Waals surface area (Å²) >= 11 is 6.05. The molecule has 1 aromatic heterocycles. The Morgan fingerprint density at radius 3 is 3.00 bits per heavy atom. The summed E-state index contributed by atoms with van der Waals surface area (Å²) in [5, 5.41) is 11.9. The Morgan fingerprint density at radius 2 is 2.31 bits per heavy atom. The minimum Gasteiger partial charge on any atom is -0.361 e. The molecule has 0 aliphatic rings. The van der Waals surface area contributed by atoms with Crippen LogP contribution in [0.1, 0.15) is 12.5 Å². The van der Waals surface area contributed by atoms with Gasteiger partial charge in [-0.1, -0.05) is 17.7 Å². The fraction of sp³-hybridized carbons (Fsp3) is 0.0909. The van der Waals surface area contributed by atoms with Gasteiger partial charge < -0.3 is 4.98 Å². The van der Waals surface area contributed by atoms with Gasteiger partial charge in [-0.2, -0.15) is 0 Å². The third-order valence-electron chi connectivity index (χ3n) is 2.34. The molecule has 0 bridgehead atoms. The first-order valence-corrected chi connectivity index (χ1v) is 5.05. The molecule has 1 N–H and O–H groups in total. The average Bonchev–Trinajstić information content (AvgIpc) is 2.63. The van der Waals surface area contributed by atoms with Crippen molar-refractivity contribution in [3.63, 3.8) is 0 Å². The summed E-state index contributed by atoms with van der Waals surface area (Å²) < 4.78 is 0. The molecule has 82 valence electrons. The van der Waals surface area contributed by atoms with Gasteiger partial charge in [0.2, 0.25) is 5.70 Å². The molecule has 16 heavy (non-hydrogen) atoms. The number of nitrogens with zero attached hydrogens (tertiary/aromatic N) is 1. The van der Waals surface area contributed by atoms with Gasteiger partial charge in [-0.3, -0.25) is 10.1 Å². The lowest BCUT2D eigenvalue weighted by Gasteiger charge is -1.95. The normalized spacial score (nSPS) is 12.0. The van der Waals surface area contributed by atoms with Crippen molar-refractivity contribution in [2.45, 2.75) is 6.92 Å². The molecule has 4 nitrogen and oxygen atoms in total. The predicted octanol–water partition coefficient (Wildman–Crippen LogP) is 3.46. The highest BCUT2D eigenvalue weighted by atomic mass is 35.5. The summed E-state index contributed by atoms with van der Waals surface area (Å²) in [4.78, 5) is 13.1. The third kappa shape index (κ3) is 1.79. The lowest BCUT2D eigenvalue weighted by atomic mass is 10.1. The predicted molar refractivity (Wildman–Crippen MR) is 64.0 cm³/mol. The summed E-state index contributed by atoms with van der Waals surface area (Å²) in [6.45, 7) is 1.45. The molecule has 2 aromatic rings. The van der Waals surface area contributed by atoms with Gasteiger partial charge in [0.25, 0.3) is 0 Å². The Balaban J connectivity index is 2.62. The molecular formula is C11H9ClN2O2. The number of halogens is 1. The Labute approximate surface area is 96.7 Å². The summed E-state index contributed by atoms with van der Waals surface area (Å²) in [6, 6.07) is 5.46. The third-order valence-corrected chi connectivity index (χ3v) is 2.65. The molecule has 0 aliphatic carbocycles. The van der Waals surface area contributed by atoms with Gasteiger partial charge in [0.1, 0.15) is 0 Å². The fourth-order valence-electron chi connectivity index (χ4n) is 1.56. The van der Waals surface area contributed by atoms with Crippen LogP contribution in [0.25, 0.3) is 17.0 Å². The van der Waals surface area contributed by atoms with Gasteiger partial charge in [-0.15, -0.1) is 0 Å². The van der Waals surface area contributed by atoms with Crippen LogP contribution in [0.2, 0.25) is 5.02 Å². The number of aromatic nitrogens is 1. The van der Waals surface area contributed by atoms with E-state index in [-0.39, 0.29) is 5.70 Å². The van der Waals surface area contributed by atoms with Crippen molar-refractivity contribution in [3.05, 3.63) is 50.8 Å². The maximum Gasteiger partial charge on any atom is 0.243 e. The number of rotatable bonds is 2. The number of nitrogens with one attached hydrogen (secondary N) is 1. The summed E-state index contributed by atoms with van der Waals surface area (Å²) in [6.07, 6.45) is 3.22. The monoisotopic (exact) mass is 236 g/mol. The SMILES string of the molecule is CC(=Cc1c[nH]c2cccc(Cl)c12)[N+](=O)[O-]. The second kappa shape index (κ2) is 3.98. The number of fused-ring (bicyclic) bond motifs is 1. The minimum absolute atomic E-state index is 0.0841. The van der Waals surface area contributed by atoms with Crippen molar-refractivity contribution in [3.8, 4) is 0 Å². The van der Waals surface area contributed by atoms with Crippen LogP contribution in [-0.4, -0.2) is 9.91 Å². The second-order valence-electron chi connectivity index (χ2n) is 3.45. The number of nitro groups is 1. The molecule has 0 saturated carbocycles. The number of benzene rings is 1. The van der Waals surface area contributed by atoms with Gasteiger partial charge in [-0.05, 0) is 12.1 Å². The van der Waals surface area contributed by atoms with Gasteiger partial charge in [0.15, 0.2) is 0 Å². The molecule has 1 aromatic carbocycles. The van der Waals surface area contributed by atoms with Crippen molar-refractivity contribution in [1.82, 2.24) is 4.98 Å². The highest BCUT2D eigenvalue weighted by Gasteiger charge is 2.08. The van der Waals surface area contributed by atoms with E-state index >= 15 is 0 Å². The smallest absolute Gasteiger partial charge is 0.243 e. The van der Waals surface area contributed by atoms with Crippen molar-refractivity contribution >= 4 is 28.6 Å². The molecule has 0 radical (unpaired) electrons. The average molecular weight is 237 g/mol. The largest absolute Gasteiger partial charge is 0.361 e. The van der Waals surface area contributed by atoms with Gasteiger partial charge in [0, 0.05) is 35.7 Å². The van der Waals surface area contributed by atoms with E-state index in [0.29, 0.717) is 5.02 Å². The molecule has 5 heteroatoms. The Hall–Kier alpha value is -1.81.